The van der Waals surface area contributed by atoms with E-state index >= 15 is 0 Å². The topological polar surface area (TPSA) is 92.3 Å². The van der Waals surface area contributed by atoms with E-state index in [9.17, 15) is 13.2 Å². The third-order valence-electron chi connectivity index (χ3n) is 5.83. The smallest absolute Gasteiger partial charge is 0.260 e. The van der Waals surface area contributed by atoms with Gasteiger partial charge in [-0.15, -0.1) is 0 Å². The first-order valence-corrected chi connectivity index (χ1v) is 14.5. The zero-order valence-electron chi connectivity index (χ0n) is 22.4. The lowest BCUT2D eigenvalue weighted by Gasteiger charge is -2.23. The lowest BCUT2D eigenvalue weighted by atomic mass is 10.2. The number of nitrogens with zero attached hydrogens (tertiary/aromatic N) is 4. The van der Waals surface area contributed by atoms with Gasteiger partial charge in [-0.1, -0.05) is 25.2 Å². The number of hydrogen-bond donors (Lipinski definition) is 0. The summed E-state index contributed by atoms with van der Waals surface area (Å²) in [6, 6.07) is 9.76. The summed E-state index contributed by atoms with van der Waals surface area (Å²) in [5.41, 5.74) is 1.01. The minimum Gasteiger partial charge on any atom is -0.495 e. The third kappa shape index (κ3) is 6.40. The summed E-state index contributed by atoms with van der Waals surface area (Å²) in [6.07, 6.45) is 1.46. The Morgan fingerprint density at radius 3 is 2.03 bits per heavy atom. The van der Waals surface area contributed by atoms with Crippen LogP contribution in [0.4, 0.5) is 5.13 Å². The minimum absolute atomic E-state index is 0.181. The van der Waals surface area contributed by atoms with Gasteiger partial charge in [0.05, 0.1) is 19.1 Å². The number of benzene rings is 2. The molecule has 1 amide bonds. The molecule has 0 spiro atoms. The molecular weight excluding hydrogens is 512 g/mol. The van der Waals surface area contributed by atoms with Crippen molar-refractivity contribution in [2.24, 2.45) is 0 Å². The Kier molecular flexibility index (Phi) is 9.88. The zero-order valence-corrected chi connectivity index (χ0v) is 24.0. The minimum atomic E-state index is -3.63. The Labute approximate surface area is 223 Å². The molecule has 0 aliphatic carbocycles. The van der Waals surface area contributed by atoms with Crippen molar-refractivity contribution in [3.8, 4) is 11.5 Å². The largest absolute Gasteiger partial charge is 0.495 e. The number of sulfonamides is 1. The number of carbonyl (C=O) groups excluding carboxylic acids is 1. The molecule has 0 aliphatic heterocycles. The lowest BCUT2D eigenvalue weighted by molar-refractivity contribution is 0.0985. The molecule has 202 valence electrons. The van der Waals surface area contributed by atoms with E-state index in [1.54, 1.807) is 37.3 Å². The number of likely N-dealkylation sites (N-methyl/N-ethyl adjacent to an activating group) is 1. The predicted molar refractivity (Wildman–Crippen MR) is 149 cm³/mol. The van der Waals surface area contributed by atoms with Crippen molar-refractivity contribution >= 4 is 42.6 Å². The van der Waals surface area contributed by atoms with Crippen molar-refractivity contribution in [2.75, 3.05) is 59.4 Å². The second-order valence-electron chi connectivity index (χ2n) is 8.83. The van der Waals surface area contributed by atoms with Crippen molar-refractivity contribution in [1.82, 2.24) is 14.2 Å². The number of methoxy groups -OCH3 is 2. The number of aromatic nitrogens is 1. The van der Waals surface area contributed by atoms with E-state index in [0.717, 1.165) is 17.5 Å². The average molecular weight is 549 g/mol. The quantitative estimate of drug-likeness (QED) is 0.314. The molecule has 1 aromatic heterocycles. The molecule has 0 fully saturated rings. The Morgan fingerprint density at radius 2 is 1.49 bits per heavy atom. The highest BCUT2D eigenvalue weighted by atomic mass is 32.2. The van der Waals surface area contributed by atoms with Crippen LogP contribution in [0.5, 0.6) is 11.5 Å². The van der Waals surface area contributed by atoms with Crippen LogP contribution in [-0.2, 0) is 10.0 Å². The normalized spacial score (nSPS) is 11.9. The fourth-order valence-corrected chi connectivity index (χ4v) is 6.62. The predicted octanol–water partition coefficient (Wildman–Crippen LogP) is 4.33. The molecule has 0 saturated carbocycles. The number of carbonyl (C=O) groups is 1. The van der Waals surface area contributed by atoms with Crippen LogP contribution in [0, 0.1) is 0 Å². The van der Waals surface area contributed by atoms with Gasteiger partial charge in [0.25, 0.3) is 5.91 Å². The van der Waals surface area contributed by atoms with Crippen LogP contribution in [0.3, 0.4) is 0 Å². The summed E-state index contributed by atoms with van der Waals surface area (Å²) in [4.78, 5) is 22.2. The van der Waals surface area contributed by atoms with Gasteiger partial charge in [-0.05, 0) is 63.3 Å². The molecule has 0 N–H and O–H groups in total. The number of rotatable bonds is 13. The van der Waals surface area contributed by atoms with Crippen LogP contribution >= 0.6 is 11.3 Å². The SMILES string of the molecule is CCCN(CCC)S(=O)(=O)c1ccc(C(=O)N(CCN(C)C)c2nc3c(OC)ccc(OC)c3s2)cc1. The van der Waals surface area contributed by atoms with Gasteiger partial charge < -0.3 is 14.4 Å². The molecule has 0 bridgehead atoms. The van der Waals surface area contributed by atoms with E-state index in [0.29, 0.717) is 53.9 Å². The summed E-state index contributed by atoms with van der Waals surface area (Å²) in [5, 5.41) is 0.512. The van der Waals surface area contributed by atoms with Gasteiger partial charge in [-0.25, -0.2) is 13.4 Å². The summed E-state index contributed by atoms with van der Waals surface area (Å²) < 4.78 is 39.5. The van der Waals surface area contributed by atoms with Crippen molar-refractivity contribution in [2.45, 2.75) is 31.6 Å². The fourth-order valence-electron chi connectivity index (χ4n) is 3.90. The van der Waals surface area contributed by atoms with Gasteiger partial charge in [0, 0.05) is 31.7 Å². The highest BCUT2D eigenvalue weighted by Gasteiger charge is 2.26. The number of hydrogen-bond acceptors (Lipinski definition) is 8. The van der Waals surface area contributed by atoms with Crippen LogP contribution in [0.15, 0.2) is 41.3 Å². The second kappa shape index (κ2) is 12.7. The molecule has 9 nitrogen and oxygen atoms in total. The summed E-state index contributed by atoms with van der Waals surface area (Å²) >= 11 is 1.35. The Hall–Kier alpha value is -2.73. The van der Waals surface area contributed by atoms with E-state index in [2.05, 4.69) is 0 Å². The molecule has 0 unspecified atom stereocenters. The van der Waals surface area contributed by atoms with E-state index in [4.69, 9.17) is 14.5 Å². The molecule has 1 heterocycles. The van der Waals surface area contributed by atoms with Crippen molar-refractivity contribution in [3.63, 3.8) is 0 Å². The molecule has 0 atom stereocenters. The maximum absolute atomic E-state index is 13.7. The summed E-state index contributed by atoms with van der Waals surface area (Å²) in [7, 11) is 3.41. The first-order valence-electron chi connectivity index (χ1n) is 12.3. The molecule has 3 rings (SSSR count). The van der Waals surface area contributed by atoms with Gasteiger partial charge in [-0.3, -0.25) is 9.69 Å². The Bertz CT molecular complexity index is 1260. The Morgan fingerprint density at radius 1 is 0.892 bits per heavy atom. The van der Waals surface area contributed by atoms with Crippen molar-refractivity contribution in [3.05, 3.63) is 42.0 Å². The number of fused-ring (bicyclic) bond motifs is 1. The van der Waals surface area contributed by atoms with Crippen LogP contribution in [0.1, 0.15) is 37.0 Å². The third-order valence-corrected chi connectivity index (χ3v) is 8.84. The number of thiazole rings is 1. The van der Waals surface area contributed by atoms with Crippen LogP contribution in [0.25, 0.3) is 10.2 Å². The number of ether oxygens (including phenoxy) is 2. The number of anilines is 1. The monoisotopic (exact) mass is 548 g/mol. The fraction of sp³-hybridized carbons (Fsp3) is 0.462. The maximum Gasteiger partial charge on any atom is 0.260 e. The Balaban J connectivity index is 1.99. The lowest BCUT2D eigenvalue weighted by Crippen LogP contribution is -2.36. The molecule has 37 heavy (non-hydrogen) atoms. The first-order chi connectivity index (χ1) is 17.7. The van der Waals surface area contributed by atoms with E-state index in [-0.39, 0.29) is 10.8 Å². The first kappa shape index (κ1) is 28.8. The highest BCUT2D eigenvalue weighted by Crippen LogP contribution is 2.40. The maximum atomic E-state index is 13.7. The summed E-state index contributed by atoms with van der Waals surface area (Å²) in [5.74, 6) is 0.983. The van der Waals surface area contributed by atoms with Gasteiger partial charge in [0.2, 0.25) is 10.0 Å². The van der Waals surface area contributed by atoms with Gasteiger partial charge in [0.1, 0.15) is 21.7 Å². The molecular formula is C26H36N4O5S2. The van der Waals surface area contributed by atoms with Gasteiger partial charge in [-0.2, -0.15) is 4.31 Å². The van der Waals surface area contributed by atoms with E-state index < -0.39 is 10.0 Å². The van der Waals surface area contributed by atoms with Gasteiger partial charge in [0.15, 0.2) is 5.13 Å². The molecule has 2 aromatic carbocycles. The van der Waals surface area contributed by atoms with E-state index in [1.807, 2.05) is 38.9 Å². The number of amides is 1. The van der Waals surface area contributed by atoms with Gasteiger partial charge >= 0.3 is 0 Å². The van der Waals surface area contributed by atoms with Crippen LogP contribution < -0.4 is 14.4 Å². The summed E-state index contributed by atoms with van der Waals surface area (Å²) in [6.45, 7) is 5.84. The van der Waals surface area contributed by atoms with Crippen molar-refractivity contribution < 1.29 is 22.7 Å². The van der Waals surface area contributed by atoms with Crippen molar-refractivity contribution in [1.29, 1.82) is 0 Å². The highest BCUT2D eigenvalue weighted by molar-refractivity contribution is 7.89. The standard InChI is InChI=1S/C26H36N4O5S2/c1-7-15-29(16-8-2)37(32,33)20-11-9-19(10-12-20)25(31)30(18-17-28(3)4)26-27-23-21(34-5)13-14-22(35-6)24(23)36-26/h9-14H,7-8,15-18H2,1-6H3. The molecule has 0 aliphatic rings. The average Bonchev–Trinajstić information content (AvgIpc) is 3.33. The zero-order chi connectivity index (χ0) is 27.2. The van der Waals surface area contributed by atoms with Crippen LogP contribution in [0.2, 0.25) is 0 Å². The molecule has 11 heteroatoms. The molecule has 0 saturated heterocycles. The van der Waals surface area contributed by atoms with E-state index in [1.165, 1.54) is 27.8 Å². The molecule has 3 aromatic rings. The molecule has 0 radical (unpaired) electrons. The second-order valence-corrected chi connectivity index (χ2v) is 11.7. The van der Waals surface area contributed by atoms with Crippen LogP contribution in [-0.4, -0.2) is 83.0 Å².